The van der Waals surface area contributed by atoms with E-state index >= 15 is 0 Å². The molecule has 3 N–H and O–H groups in total. The van der Waals surface area contributed by atoms with Crippen LogP contribution in [0.4, 0.5) is 0 Å². The van der Waals surface area contributed by atoms with Crippen molar-refractivity contribution in [3.8, 4) is 27.7 Å². The highest BCUT2D eigenvalue weighted by atomic mass is 32.1. The standard InChI is InChI=1S/C24H21NO4S/c1-25-12-13-29-19-9-4-15(5-10-19)23(28)22-20-11-8-18(27)14-21(20)30-24(22)16-2-6-17(26)7-3-16/h2-11,14,25-27H,12-13H2,1H3. The Morgan fingerprint density at radius 3 is 2.37 bits per heavy atom. The van der Waals surface area contributed by atoms with Gasteiger partial charge in [0.05, 0.1) is 0 Å². The Bertz CT molecular complexity index is 1180. The van der Waals surface area contributed by atoms with E-state index in [0.717, 1.165) is 27.1 Å². The number of phenols is 2. The topological polar surface area (TPSA) is 78.8 Å². The molecule has 0 spiro atoms. The maximum atomic E-state index is 13.5. The summed E-state index contributed by atoms with van der Waals surface area (Å²) < 4.78 is 6.46. The van der Waals surface area contributed by atoms with Crippen molar-refractivity contribution in [3.63, 3.8) is 0 Å². The van der Waals surface area contributed by atoms with Gasteiger partial charge in [0.15, 0.2) is 5.78 Å². The Hall–Kier alpha value is -3.35. The van der Waals surface area contributed by atoms with E-state index in [4.69, 9.17) is 4.74 Å². The van der Waals surface area contributed by atoms with Crippen molar-refractivity contribution in [2.24, 2.45) is 0 Å². The third-order valence-electron chi connectivity index (χ3n) is 4.77. The van der Waals surface area contributed by atoms with Gasteiger partial charge in [-0.05, 0) is 79.3 Å². The van der Waals surface area contributed by atoms with Crippen LogP contribution in [0.5, 0.6) is 17.2 Å². The summed E-state index contributed by atoms with van der Waals surface area (Å²) in [6.45, 7) is 1.29. The number of aromatic hydroxyl groups is 2. The van der Waals surface area contributed by atoms with Gasteiger partial charge in [-0.25, -0.2) is 0 Å². The lowest BCUT2D eigenvalue weighted by Gasteiger charge is -2.08. The SMILES string of the molecule is CNCCOc1ccc(C(=O)c2c(-c3ccc(O)cc3)sc3cc(O)ccc23)cc1. The first-order chi connectivity index (χ1) is 14.6. The zero-order chi connectivity index (χ0) is 21.1. The fourth-order valence-electron chi connectivity index (χ4n) is 3.24. The highest BCUT2D eigenvalue weighted by Crippen LogP contribution is 2.41. The molecule has 0 aliphatic carbocycles. The smallest absolute Gasteiger partial charge is 0.195 e. The van der Waals surface area contributed by atoms with E-state index in [0.29, 0.717) is 23.5 Å². The molecule has 0 aliphatic heterocycles. The quantitative estimate of drug-likeness (QED) is 0.296. The molecule has 0 unspecified atom stereocenters. The average Bonchev–Trinajstić information content (AvgIpc) is 3.13. The second-order valence-electron chi connectivity index (χ2n) is 6.84. The van der Waals surface area contributed by atoms with Gasteiger partial charge in [0.2, 0.25) is 0 Å². The van der Waals surface area contributed by atoms with Crippen LogP contribution in [0.3, 0.4) is 0 Å². The zero-order valence-corrected chi connectivity index (χ0v) is 17.2. The number of thiophene rings is 1. The van der Waals surface area contributed by atoms with Gasteiger partial charge in [0.25, 0.3) is 0 Å². The summed E-state index contributed by atoms with van der Waals surface area (Å²) in [7, 11) is 1.86. The number of hydrogen-bond donors (Lipinski definition) is 3. The number of fused-ring (bicyclic) bond motifs is 1. The molecule has 0 atom stereocenters. The molecule has 0 amide bonds. The first-order valence-electron chi connectivity index (χ1n) is 9.54. The van der Waals surface area contributed by atoms with Crippen LogP contribution in [-0.4, -0.2) is 36.2 Å². The molecule has 30 heavy (non-hydrogen) atoms. The van der Waals surface area contributed by atoms with Gasteiger partial charge in [0, 0.05) is 32.6 Å². The Balaban J connectivity index is 1.76. The molecule has 0 saturated heterocycles. The van der Waals surface area contributed by atoms with Crippen LogP contribution in [0.1, 0.15) is 15.9 Å². The average molecular weight is 420 g/mol. The van der Waals surface area contributed by atoms with Crippen molar-refractivity contribution in [2.45, 2.75) is 0 Å². The van der Waals surface area contributed by atoms with Crippen molar-refractivity contribution < 1.29 is 19.7 Å². The summed E-state index contributed by atoms with van der Waals surface area (Å²) >= 11 is 1.44. The molecule has 1 aromatic heterocycles. The second kappa shape index (κ2) is 8.57. The van der Waals surface area contributed by atoms with Crippen LogP contribution >= 0.6 is 11.3 Å². The van der Waals surface area contributed by atoms with E-state index in [1.165, 1.54) is 11.3 Å². The molecule has 0 bridgehead atoms. The summed E-state index contributed by atoms with van der Waals surface area (Å²) in [5.74, 6) is 0.930. The van der Waals surface area contributed by atoms with Gasteiger partial charge in [-0.1, -0.05) is 0 Å². The van der Waals surface area contributed by atoms with Crippen LogP contribution < -0.4 is 10.1 Å². The molecule has 5 nitrogen and oxygen atoms in total. The van der Waals surface area contributed by atoms with E-state index in [-0.39, 0.29) is 17.3 Å². The Kier molecular flexibility index (Phi) is 5.70. The molecule has 152 valence electrons. The van der Waals surface area contributed by atoms with Crippen LogP contribution in [0.15, 0.2) is 66.7 Å². The molecule has 4 rings (SSSR count). The molecular weight excluding hydrogens is 398 g/mol. The molecule has 6 heteroatoms. The summed E-state index contributed by atoms with van der Waals surface area (Å²) in [6.07, 6.45) is 0. The lowest BCUT2D eigenvalue weighted by molar-refractivity contribution is 0.104. The van der Waals surface area contributed by atoms with Crippen LogP contribution in [0, 0.1) is 0 Å². The molecule has 0 saturated carbocycles. The van der Waals surface area contributed by atoms with E-state index < -0.39 is 0 Å². The number of hydrogen-bond acceptors (Lipinski definition) is 6. The molecule has 0 aliphatic rings. The minimum atomic E-state index is -0.100. The lowest BCUT2D eigenvalue weighted by Crippen LogP contribution is -2.15. The summed E-state index contributed by atoms with van der Waals surface area (Å²) in [5, 5.41) is 23.3. The highest BCUT2D eigenvalue weighted by molar-refractivity contribution is 7.22. The van der Waals surface area contributed by atoms with E-state index in [1.54, 1.807) is 66.7 Å². The van der Waals surface area contributed by atoms with Gasteiger partial charge in [-0.15, -0.1) is 11.3 Å². The van der Waals surface area contributed by atoms with Crippen LogP contribution in [0.25, 0.3) is 20.5 Å². The van der Waals surface area contributed by atoms with Gasteiger partial charge >= 0.3 is 0 Å². The normalized spacial score (nSPS) is 11.0. The van der Waals surface area contributed by atoms with Gasteiger partial charge in [-0.3, -0.25) is 4.79 Å². The fraction of sp³-hybridized carbons (Fsp3) is 0.125. The minimum Gasteiger partial charge on any atom is -0.508 e. The van der Waals surface area contributed by atoms with E-state index in [2.05, 4.69) is 5.32 Å². The Labute approximate surface area is 178 Å². The summed E-state index contributed by atoms with van der Waals surface area (Å²) in [5.41, 5.74) is 1.98. The number of benzene rings is 3. The predicted molar refractivity (Wildman–Crippen MR) is 120 cm³/mol. The third-order valence-corrected chi connectivity index (χ3v) is 5.97. The zero-order valence-electron chi connectivity index (χ0n) is 16.4. The molecular formula is C24H21NO4S. The maximum Gasteiger partial charge on any atom is 0.195 e. The highest BCUT2D eigenvalue weighted by Gasteiger charge is 2.22. The second-order valence-corrected chi connectivity index (χ2v) is 7.89. The molecule has 4 aromatic rings. The largest absolute Gasteiger partial charge is 0.508 e. The van der Waals surface area contributed by atoms with Gasteiger partial charge < -0.3 is 20.3 Å². The minimum absolute atomic E-state index is 0.100. The molecule has 3 aromatic carbocycles. The number of likely N-dealkylation sites (N-methyl/N-ethyl adjacent to an activating group) is 1. The Morgan fingerprint density at radius 2 is 1.67 bits per heavy atom. The first-order valence-corrected chi connectivity index (χ1v) is 10.4. The monoisotopic (exact) mass is 419 g/mol. The summed E-state index contributed by atoms with van der Waals surface area (Å²) in [4.78, 5) is 14.3. The number of phenolic OH excluding ortho intramolecular Hbond substituents is 2. The van der Waals surface area contributed by atoms with Crippen molar-refractivity contribution in [1.29, 1.82) is 0 Å². The Morgan fingerprint density at radius 1 is 0.967 bits per heavy atom. The van der Waals surface area contributed by atoms with E-state index in [9.17, 15) is 15.0 Å². The van der Waals surface area contributed by atoms with Gasteiger partial charge in [0.1, 0.15) is 23.9 Å². The lowest BCUT2D eigenvalue weighted by atomic mass is 9.97. The van der Waals surface area contributed by atoms with Crippen molar-refractivity contribution in [2.75, 3.05) is 20.2 Å². The number of carbonyl (C=O) groups is 1. The number of nitrogens with one attached hydrogen (secondary N) is 1. The molecule has 1 heterocycles. The molecule has 0 fully saturated rings. The van der Waals surface area contributed by atoms with Crippen molar-refractivity contribution in [1.82, 2.24) is 5.32 Å². The number of ketones is 1. The van der Waals surface area contributed by atoms with Crippen molar-refractivity contribution >= 4 is 27.2 Å². The number of rotatable bonds is 7. The molecule has 0 radical (unpaired) electrons. The summed E-state index contributed by atoms with van der Waals surface area (Å²) in [6, 6.07) is 18.9. The number of carbonyl (C=O) groups excluding carboxylic acids is 1. The van der Waals surface area contributed by atoms with Crippen molar-refractivity contribution in [3.05, 3.63) is 77.9 Å². The predicted octanol–water partition coefficient (Wildman–Crippen LogP) is 4.81. The van der Waals surface area contributed by atoms with Gasteiger partial charge in [-0.2, -0.15) is 0 Å². The fourth-order valence-corrected chi connectivity index (χ4v) is 4.48. The van der Waals surface area contributed by atoms with Crippen LogP contribution in [0.2, 0.25) is 0 Å². The number of ether oxygens (including phenoxy) is 1. The maximum absolute atomic E-state index is 13.5. The third kappa shape index (κ3) is 4.01. The first kappa shape index (κ1) is 19.9. The van der Waals surface area contributed by atoms with E-state index in [1.807, 2.05) is 7.05 Å². The van der Waals surface area contributed by atoms with Crippen LogP contribution in [-0.2, 0) is 0 Å².